The van der Waals surface area contributed by atoms with Gasteiger partial charge in [0.05, 0.1) is 19.0 Å². The zero-order chi connectivity index (χ0) is 20.2. The standard InChI is InChI=1S/C22H30INO4/c1-21(2,23)20(26)27-18-10-8-16(9-11-18)19(25)28-22(12-14-24-15-13-22)17-6-4-3-5-7-17/h3-7,16,18,24H,8-15H2,1-2H3/p+1. The van der Waals surface area contributed by atoms with Crippen molar-refractivity contribution < 1.29 is 24.4 Å². The van der Waals surface area contributed by atoms with Gasteiger partial charge in [0.2, 0.25) is 0 Å². The second-order valence-corrected chi connectivity index (χ2v) is 11.2. The van der Waals surface area contributed by atoms with Gasteiger partial charge in [-0.1, -0.05) is 52.9 Å². The Morgan fingerprint density at radius 1 is 1.07 bits per heavy atom. The number of carbonyl (C=O) groups excluding carboxylic acids is 2. The summed E-state index contributed by atoms with van der Waals surface area (Å²) in [7, 11) is 0. The van der Waals surface area contributed by atoms with Gasteiger partial charge in [-0.15, -0.1) is 0 Å². The molecule has 0 aromatic heterocycles. The van der Waals surface area contributed by atoms with Gasteiger partial charge < -0.3 is 14.8 Å². The van der Waals surface area contributed by atoms with Crippen LogP contribution in [0.3, 0.4) is 0 Å². The monoisotopic (exact) mass is 500 g/mol. The lowest BCUT2D eigenvalue weighted by atomic mass is 9.83. The molecular weight excluding hydrogens is 469 g/mol. The molecule has 0 atom stereocenters. The van der Waals surface area contributed by atoms with Crippen molar-refractivity contribution in [2.45, 2.75) is 67.5 Å². The maximum atomic E-state index is 13.0. The van der Waals surface area contributed by atoms with Crippen LogP contribution < -0.4 is 5.32 Å². The van der Waals surface area contributed by atoms with Crippen LogP contribution in [0.15, 0.2) is 30.3 Å². The second-order valence-electron chi connectivity index (χ2n) is 8.50. The van der Waals surface area contributed by atoms with Crippen LogP contribution >= 0.6 is 22.6 Å². The van der Waals surface area contributed by atoms with E-state index in [1.807, 2.05) is 32.0 Å². The molecule has 1 aromatic carbocycles. The largest absolute Gasteiger partial charge is 0.461 e. The SMILES string of the molecule is CC(C)(I)C(=O)OC1CCC(C(=O)OC2(c3ccccc3)CC[NH2+]CC2)CC1. The van der Waals surface area contributed by atoms with E-state index in [1.165, 1.54) is 0 Å². The predicted molar refractivity (Wildman–Crippen MR) is 115 cm³/mol. The number of carbonyl (C=O) groups is 2. The van der Waals surface area contributed by atoms with Crippen molar-refractivity contribution >= 4 is 34.5 Å². The lowest BCUT2D eigenvalue weighted by Crippen LogP contribution is -2.87. The van der Waals surface area contributed by atoms with Gasteiger partial charge in [-0.25, -0.2) is 0 Å². The molecule has 0 bridgehead atoms. The first-order valence-electron chi connectivity index (χ1n) is 10.3. The third kappa shape index (κ3) is 5.26. The summed E-state index contributed by atoms with van der Waals surface area (Å²) in [5, 5.41) is 2.28. The van der Waals surface area contributed by atoms with Gasteiger partial charge in [0, 0.05) is 12.8 Å². The highest BCUT2D eigenvalue weighted by Gasteiger charge is 2.42. The van der Waals surface area contributed by atoms with E-state index in [9.17, 15) is 9.59 Å². The zero-order valence-electron chi connectivity index (χ0n) is 16.8. The number of piperidine rings is 1. The summed E-state index contributed by atoms with van der Waals surface area (Å²) in [6, 6.07) is 10.2. The molecule has 1 heterocycles. The van der Waals surface area contributed by atoms with Crippen LogP contribution in [0.2, 0.25) is 0 Å². The summed E-state index contributed by atoms with van der Waals surface area (Å²) in [5.74, 6) is -0.376. The first kappa shape index (κ1) is 21.6. The molecule has 2 aliphatic rings. The van der Waals surface area contributed by atoms with Crippen molar-refractivity contribution in [2.24, 2.45) is 5.92 Å². The fourth-order valence-electron chi connectivity index (χ4n) is 4.12. The smallest absolute Gasteiger partial charge is 0.321 e. The number of alkyl halides is 1. The number of nitrogens with two attached hydrogens (primary N) is 1. The van der Waals surface area contributed by atoms with E-state index in [4.69, 9.17) is 9.47 Å². The van der Waals surface area contributed by atoms with Crippen LogP contribution in [-0.2, 0) is 24.7 Å². The molecule has 1 aromatic rings. The summed E-state index contributed by atoms with van der Waals surface area (Å²) in [5.41, 5.74) is 0.602. The molecule has 5 nitrogen and oxygen atoms in total. The molecule has 154 valence electrons. The summed E-state index contributed by atoms with van der Waals surface area (Å²) < 4.78 is 11.3. The highest BCUT2D eigenvalue weighted by Crippen LogP contribution is 2.37. The minimum atomic E-state index is -0.520. The Hall–Kier alpha value is -1.15. The number of quaternary nitrogens is 1. The molecule has 6 heteroatoms. The van der Waals surface area contributed by atoms with E-state index in [-0.39, 0.29) is 24.0 Å². The van der Waals surface area contributed by atoms with Crippen LogP contribution in [0.5, 0.6) is 0 Å². The zero-order valence-corrected chi connectivity index (χ0v) is 18.9. The fraction of sp³-hybridized carbons (Fsp3) is 0.636. The molecule has 0 radical (unpaired) electrons. The third-order valence-electron chi connectivity index (χ3n) is 5.87. The topological polar surface area (TPSA) is 69.2 Å². The molecule has 0 unspecified atom stereocenters. The van der Waals surface area contributed by atoms with E-state index in [0.29, 0.717) is 0 Å². The van der Waals surface area contributed by atoms with Gasteiger partial charge in [-0.2, -0.15) is 0 Å². The summed E-state index contributed by atoms with van der Waals surface area (Å²) >= 11 is 2.10. The van der Waals surface area contributed by atoms with Crippen molar-refractivity contribution in [2.75, 3.05) is 13.1 Å². The van der Waals surface area contributed by atoms with Gasteiger partial charge >= 0.3 is 11.9 Å². The first-order chi connectivity index (χ1) is 13.3. The van der Waals surface area contributed by atoms with Crippen molar-refractivity contribution in [3.8, 4) is 0 Å². The Morgan fingerprint density at radius 3 is 2.25 bits per heavy atom. The Morgan fingerprint density at radius 2 is 1.68 bits per heavy atom. The van der Waals surface area contributed by atoms with E-state index in [0.717, 1.165) is 57.2 Å². The van der Waals surface area contributed by atoms with Gasteiger partial charge in [0.1, 0.15) is 15.1 Å². The maximum absolute atomic E-state index is 13.0. The maximum Gasteiger partial charge on any atom is 0.321 e. The predicted octanol–water partition coefficient (Wildman–Crippen LogP) is 3.10. The molecule has 0 spiro atoms. The number of esters is 2. The Balaban J connectivity index is 1.59. The average Bonchev–Trinajstić information content (AvgIpc) is 2.69. The molecule has 3 rings (SSSR count). The molecule has 1 saturated carbocycles. The van der Waals surface area contributed by atoms with E-state index >= 15 is 0 Å². The highest BCUT2D eigenvalue weighted by molar-refractivity contribution is 14.1. The van der Waals surface area contributed by atoms with E-state index in [1.54, 1.807) is 0 Å². The Bertz CT molecular complexity index is 672. The molecular formula is C22H31INO4+. The van der Waals surface area contributed by atoms with Crippen LogP contribution in [0, 0.1) is 5.92 Å². The Kier molecular flexibility index (Phi) is 7.02. The molecule has 0 amide bonds. The quantitative estimate of drug-likeness (QED) is 0.384. The van der Waals surface area contributed by atoms with Gasteiger partial charge in [0.15, 0.2) is 0 Å². The molecule has 28 heavy (non-hydrogen) atoms. The lowest BCUT2D eigenvalue weighted by Gasteiger charge is -2.38. The molecule has 2 N–H and O–H groups in total. The fourth-order valence-corrected chi connectivity index (χ4v) is 4.24. The van der Waals surface area contributed by atoms with Crippen LogP contribution in [0.25, 0.3) is 0 Å². The number of rotatable bonds is 5. The van der Waals surface area contributed by atoms with Gasteiger partial charge in [-0.05, 0) is 45.1 Å². The average molecular weight is 500 g/mol. The number of halogens is 1. The number of hydrogen-bond donors (Lipinski definition) is 1. The highest BCUT2D eigenvalue weighted by atomic mass is 127. The van der Waals surface area contributed by atoms with Crippen LogP contribution in [-0.4, -0.2) is 34.6 Å². The second kappa shape index (κ2) is 9.11. The minimum Gasteiger partial charge on any atom is -0.461 e. The minimum absolute atomic E-state index is 0.0852. The summed E-state index contributed by atoms with van der Waals surface area (Å²) in [4.78, 5) is 25.1. The van der Waals surface area contributed by atoms with Crippen molar-refractivity contribution in [3.05, 3.63) is 35.9 Å². The molecule has 1 aliphatic heterocycles. The molecule has 1 aliphatic carbocycles. The Labute approximate surface area is 181 Å². The van der Waals surface area contributed by atoms with Crippen molar-refractivity contribution in [3.63, 3.8) is 0 Å². The lowest BCUT2D eigenvalue weighted by molar-refractivity contribution is -0.668. The number of hydrogen-bond acceptors (Lipinski definition) is 4. The molecule has 1 saturated heterocycles. The van der Waals surface area contributed by atoms with E-state index in [2.05, 4.69) is 40.0 Å². The van der Waals surface area contributed by atoms with Crippen molar-refractivity contribution in [1.29, 1.82) is 0 Å². The normalized spacial score (nSPS) is 25.0. The van der Waals surface area contributed by atoms with Crippen molar-refractivity contribution in [1.82, 2.24) is 0 Å². The van der Waals surface area contributed by atoms with E-state index < -0.39 is 9.02 Å². The third-order valence-corrected chi connectivity index (χ3v) is 6.31. The summed E-state index contributed by atoms with van der Waals surface area (Å²) in [6.45, 7) is 5.64. The van der Waals surface area contributed by atoms with Gasteiger partial charge in [-0.3, -0.25) is 9.59 Å². The van der Waals surface area contributed by atoms with Gasteiger partial charge in [0.25, 0.3) is 0 Å². The number of ether oxygens (including phenoxy) is 2. The van der Waals surface area contributed by atoms with Crippen LogP contribution in [0.4, 0.5) is 0 Å². The first-order valence-corrected chi connectivity index (χ1v) is 11.4. The molecule has 2 fully saturated rings. The van der Waals surface area contributed by atoms with Crippen LogP contribution in [0.1, 0.15) is 57.9 Å². The number of benzene rings is 1. The summed E-state index contributed by atoms with van der Waals surface area (Å²) in [6.07, 6.45) is 4.50.